The zero-order valence-electron chi connectivity index (χ0n) is 45.3. The van der Waals surface area contributed by atoms with Crippen LogP contribution in [-0.2, 0) is 28.6 Å². The Morgan fingerprint density at radius 2 is 0.522 bits per heavy atom. The molecule has 6 heteroatoms. The molecule has 0 spiro atoms. The van der Waals surface area contributed by atoms with Crippen LogP contribution in [-0.4, -0.2) is 37.2 Å². The molecule has 0 amide bonds. The number of rotatable bonds is 52. The molecule has 0 aliphatic heterocycles. The van der Waals surface area contributed by atoms with Crippen molar-refractivity contribution in [3.05, 3.63) is 85.1 Å². The van der Waals surface area contributed by atoms with E-state index in [0.29, 0.717) is 12.8 Å². The first-order valence-corrected chi connectivity index (χ1v) is 29.1. The second kappa shape index (κ2) is 57.2. The second-order valence-electron chi connectivity index (χ2n) is 19.2. The van der Waals surface area contributed by atoms with Crippen LogP contribution < -0.4 is 0 Å². The quantitative estimate of drug-likeness (QED) is 0.0262. The van der Waals surface area contributed by atoms with E-state index in [4.69, 9.17) is 14.2 Å². The van der Waals surface area contributed by atoms with Gasteiger partial charge in [0.1, 0.15) is 13.2 Å². The summed E-state index contributed by atoms with van der Waals surface area (Å²) in [6.07, 6.45) is 74.2. The van der Waals surface area contributed by atoms with E-state index in [-0.39, 0.29) is 37.5 Å². The predicted molar refractivity (Wildman–Crippen MR) is 297 cm³/mol. The van der Waals surface area contributed by atoms with Gasteiger partial charge in [0.2, 0.25) is 0 Å². The minimum Gasteiger partial charge on any atom is -0.462 e. The topological polar surface area (TPSA) is 78.9 Å². The SMILES string of the molecule is CCCCC/C=C\C/C=C\C/C=C\C/C=C\CCCCCC(=O)O[C@H](COC(=O)CCCCCCC/C=C\C/C=C\CCCCC)COC(=O)CCCCCCCCC/C=C\CCCCCCCC. The molecular weight excluding hydrogens is 853 g/mol. The Labute approximate surface area is 426 Å². The van der Waals surface area contributed by atoms with Gasteiger partial charge in [-0.15, -0.1) is 0 Å². The molecule has 0 saturated carbocycles. The molecule has 0 aromatic rings. The smallest absolute Gasteiger partial charge is 0.306 e. The van der Waals surface area contributed by atoms with Gasteiger partial charge in [-0.3, -0.25) is 14.4 Å². The number of carbonyl (C=O) groups is 3. The summed E-state index contributed by atoms with van der Waals surface area (Å²) in [6.45, 7) is 6.55. The number of hydrogen-bond acceptors (Lipinski definition) is 6. The van der Waals surface area contributed by atoms with Gasteiger partial charge >= 0.3 is 17.9 Å². The van der Waals surface area contributed by atoms with Crippen molar-refractivity contribution in [2.24, 2.45) is 0 Å². The third-order valence-electron chi connectivity index (χ3n) is 12.3. The van der Waals surface area contributed by atoms with Gasteiger partial charge in [0.15, 0.2) is 6.10 Å². The van der Waals surface area contributed by atoms with E-state index < -0.39 is 6.10 Å². The highest BCUT2D eigenvalue weighted by Crippen LogP contribution is 2.14. The Morgan fingerprint density at radius 3 is 0.870 bits per heavy atom. The van der Waals surface area contributed by atoms with Crippen molar-refractivity contribution in [1.29, 1.82) is 0 Å². The van der Waals surface area contributed by atoms with E-state index in [1.807, 2.05) is 0 Å². The molecule has 0 aromatic heterocycles. The summed E-state index contributed by atoms with van der Waals surface area (Å²) >= 11 is 0. The predicted octanol–water partition coefficient (Wildman–Crippen LogP) is 19.5. The van der Waals surface area contributed by atoms with E-state index in [1.54, 1.807) is 0 Å². The van der Waals surface area contributed by atoms with Crippen LogP contribution in [0.2, 0.25) is 0 Å². The molecule has 0 aliphatic carbocycles. The average Bonchev–Trinajstić information content (AvgIpc) is 3.35. The van der Waals surface area contributed by atoms with Crippen molar-refractivity contribution < 1.29 is 28.6 Å². The molecule has 0 unspecified atom stereocenters. The number of hydrogen-bond donors (Lipinski definition) is 0. The van der Waals surface area contributed by atoms with Gasteiger partial charge in [-0.1, -0.05) is 221 Å². The fourth-order valence-electron chi connectivity index (χ4n) is 7.92. The molecule has 0 radical (unpaired) electrons. The zero-order valence-corrected chi connectivity index (χ0v) is 45.3. The normalized spacial score (nSPS) is 12.7. The highest BCUT2D eigenvalue weighted by atomic mass is 16.6. The van der Waals surface area contributed by atoms with Gasteiger partial charge in [0.05, 0.1) is 0 Å². The van der Waals surface area contributed by atoms with E-state index in [2.05, 4.69) is 106 Å². The summed E-state index contributed by atoms with van der Waals surface area (Å²) in [7, 11) is 0. The molecule has 0 heterocycles. The van der Waals surface area contributed by atoms with Crippen molar-refractivity contribution in [2.45, 2.75) is 284 Å². The lowest BCUT2D eigenvalue weighted by Gasteiger charge is -2.18. The Morgan fingerprint density at radius 1 is 0.290 bits per heavy atom. The molecule has 6 nitrogen and oxygen atoms in total. The summed E-state index contributed by atoms with van der Waals surface area (Å²) in [4.78, 5) is 38.2. The minimum absolute atomic E-state index is 0.0962. The van der Waals surface area contributed by atoms with Gasteiger partial charge < -0.3 is 14.2 Å². The first-order chi connectivity index (χ1) is 34.0. The van der Waals surface area contributed by atoms with Crippen LogP contribution in [0.4, 0.5) is 0 Å². The molecule has 396 valence electrons. The number of unbranched alkanes of at least 4 members (excludes halogenated alkanes) is 27. The van der Waals surface area contributed by atoms with Gasteiger partial charge in [0, 0.05) is 19.3 Å². The third-order valence-corrected chi connectivity index (χ3v) is 12.3. The first kappa shape index (κ1) is 65.6. The summed E-state index contributed by atoms with van der Waals surface area (Å²) in [5, 5.41) is 0. The van der Waals surface area contributed by atoms with Crippen LogP contribution in [0.1, 0.15) is 278 Å². The van der Waals surface area contributed by atoms with Crippen molar-refractivity contribution in [3.8, 4) is 0 Å². The summed E-state index contributed by atoms with van der Waals surface area (Å²) in [6, 6.07) is 0. The van der Waals surface area contributed by atoms with Crippen molar-refractivity contribution in [1.82, 2.24) is 0 Å². The van der Waals surface area contributed by atoms with E-state index in [9.17, 15) is 14.4 Å². The highest BCUT2D eigenvalue weighted by molar-refractivity contribution is 5.71. The lowest BCUT2D eigenvalue weighted by molar-refractivity contribution is -0.167. The van der Waals surface area contributed by atoms with E-state index in [1.165, 1.54) is 128 Å². The molecule has 0 aromatic carbocycles. The Bertz CT molecular complexity index is 1330. The second-order valence-corrected chi connectivity index (χ2v) is 19.2. The van der Waals surface area contributed by atoms with E-state index in [0.717, 1.165) is 109 Å². The van der Waals surface area contributed by atoms with Crippen LogP contribution in [0.5, 0.6) is 0 Å². The molecule has 0 aliphatic rings. The van der Waals surface area contributed by atoms with Crippen LogP contribution in [0, 0.1) is 0 Å². The van der Waals surface area contributed by atoms with Crippen LogP contribution in [0.25, 0.3) is 0 Å². The molecular formula is C63H108O6. The fourth-order valence-corrected chi connectivity index (χ4v) is 7.92. The summed E-state index contributed by atoms with van der Waals surface area (Å²) < 4.78 is 16.8. The van der Waals surface area contributed by atoms with Gasteiger partial charge in [-0.05, 0) is 122 Å². The lowest BCUT2D eigenvalue weighted by atomic mass is 10.1. The summed E-state index contributed by atoms with van der Waals surface area (Å²) in [5.41, 5.74) is 0. The molecule has 0 saturated heterocycles. The van der Waals surface area contributed by atoms with Gasteiger partial charge in [-0.25, -0.2) is 0 Å². The first-order valence-electron chi connectivity index (χ1n) is 29.1. The molecule has 0 rings (SSSR count). The maximum absolute atomic E-state index is 12.9. The number of allylic oxidation sites excluding steroid dienone is 14. The monoisotopic (exact) mass is 961 g/mol. The maximum atomic E-state index is 12.9. The molecule has 1 atom stereocenters. The molecule has 0 N–H and O–H groups in total. The number of esters is 3. The largest absolute Gasteiger partial charge is 0.462 e. The van der Waals surface area contributed by atoms with Crippen LogP contribution in [0.3, 0.4) is 0 Å². The zero-order chi connectivity index (χ0) is 50.0. The average molecular weight is 962 g/mol. The van der Waals surface area contributed by atoms with Crippen molar-refractivity contribution in [3.63, 3.8) is 0 Å². The Kier molecular flexibility index (Phi) is 54.3. The summed E-state index contributed by atoms with van der Waals surface area (Å²) in [5.74, 6) is -0.940. The maximum Gasteiger partial charge on any atom is 0.306 e. The standard InChI is InChI=1S/C63H108O6/c1-4-7-10-13-16-19-22-25-28-30-31-33-36-39-42-45-48-51-54-57-63(66)69-60(58-67-61(64)55-52-49-46-43-40-37-34-27-24-21-18-15-12-9-6-3)59-68-62(65)56-53-50-47-44-41-38-35-32-29-26-23-20-17-14-11-8-5-2/h16,18-19,21,25-29,31,33-34,39,42,60H,4-15,17,20,22-24,30,32,35-38,40-41,43-59H2,1-3H3/b19-16-,21-18-,28-25-,29-26-,33-31-,34-27-,42-39-/t60-/m1/s1. The van der Waals surface area contributed by atoms with Gasteiger partial charge in [0.25, 0.3) is 0 Å². The van der Waals surface area contributed by atoms with Crippen LogP contribution in [0.15, 0.2) is 85.1 Å². The van der Waals surface area contributed by atoms with Crippen LogP contribution >= 0.6 is 0 Å². The molecule has 69 heavy (non-hydrogen) atoms. The Hall–Kier alpha value is -3.41. The lowest BCUT2D eigenvalue weighted by Crippen LogP contribution is -2.30. The van der Waals surface area contributed by atoms with Crippen molar-refractivity contribution >= 4 is 17.9 Å². The highest BCUT2D eigenvalue weighted by Gasteiger charge is 2.19. The van der Waals surface area contributed by atoms with Crippen molar-refractivity contribution in [2.75, 3.05) is 13.2 Å². The molecule has 0 fully saturated rings. The third kappa shape index (κ3) is 55.4. The minimum atomic E-state index is -0.802. The number of carbonyl (C=O) groups excluding carboxylic acids is 3. The Balaban J connectivity index is 4.48. The fraction of sp³-hybridized carbons (Fsp3) is 0.730. The van der Waals surface area contributed by atoms with Gasteiger partial charge in [-0.2, -0.15) is 0 Å². The number of ether oxygens (including phenoxy) is 3. The molecule has 0 bridgehead atoms. The van der Waals surface area contributed by atoms with E-state index >= 15 is 0 Å².